The van der Waals surface area contributed by atoms with Crippen LogP contribution in [0.5, 0.6) is 0 Å². The smallest absolute Gasteiger partial charge is 0.257 e. The highest BCUT2D eigenvalue weighted by molar-refractivity contribution is 7.84. The normalized spacial score (nSPS) is 12.1. The number of benzene rings is 1. The van der Waals surface area contributed by atoms with Gasteiger partial charge in [-0.2, -0.15) is 0 Å². The Morgan fingerprint density at radius 2 is 2.00 bits per heavy atom. The van der Waals surface area contributed by atoms with Crippen LogP contribution in [0.3, 0.4) is 0 Å². The van der Waals surface area contributed by atoms with E-state index in [1.54, 1.807) is 36.7 Å². The molecule has 94 valence electrons. The summed E-state index contributed by atoms with van der Waals surface area (Å²) in [7, 11) is -1.03. The lowest BCUT2D eigenvalue weighted by Crippen LogP contribution is -2.11. The Morgan fingerprint density at radius 1 is 1.33 bits per heavy atom. The number of aryl methyl sites for hydroxylation is 1. The third kappa shape index (κ3) is 3.02. The lowest BCUT2D eigenvalue weighted by molar-refractivity contribution is 0.102. The standard InChI is InChI=1S/C12H12N2O2S2/c1-8-7-13-12(17-8)14-11(15)9-3-5-10(6-4-9)18(2)16/h3-7H,1-2H3,(H,13,14,15)/t18-/m0/s1. The van der Waals surface area contributed by atoms with Crippen molar-refractivity contribution in [2.75, 3.05) is 11.6 Å². The van der Waals surface area contributed by atoms with E-state index >= 15 is 0 Å². The SMILES string of the molecule is Cc1cnc(NC(=O)c2ccc([S@](C)=O)cc2)s1. The first-order valence-corrected chi connectivity index (χ1v) is 7.61. The Hall–Kier alpha value is -1.53. The number of hydrogen-bond donors (Lipinski definition) is 1. The molecule has 1 aromatic carbocycles. The van der Waals surface area contributed by atoms with E-state index in [1.165, 1.54) is 11.3 Å². The second-order valence-corrected chi connectivity index (χ2v) is 6.32. The maximum atomic E-state index is 11.9. The van der Waals surface area contributed by atoms with Gasteiger partial charge in [-0.1, -0.05) is 0 Å². The van der Waals surface area contributed by atoms with Crippen LogP contribution in [-0.4, -0.2) is 21.4 Å². The van der Waals surface area contributed by atoms with Crippen LogP contribution in [0, 0.1) is 6.92 Å². The molecule has 1 heterocycles. The van der Waals surface area contributed by atoms with Crippen LogP contribution in [0.25, 0.3) is 0 Å². The van der Waals surface area contributed by atoms with E-state index in [-0.39, 0.29) is 5.91 Å². The summed E-state index contributed by atoms with van der Waals surface area (Å²) in [4.78, 5) is 17.7. The van der Waals surface area contributed by atoms with Gasteiger partial charge in [-0.15, -0.1) is 11.3 Å². The zero-order valence-corrected chi connectivity index (χ0v) is 11.6. The molecule has 0 saturated carbocycles. The molecular formula is C12H12N2O2S2. The van der Waals surface area contributed by atoms with E-state index in [1.807, 2.05) is 6.92 Å². The fourth-order valence-electron chi connectivity index (χ4n) is 1.38. The third-order valence-electron chi connectivity index (χ3n) is 2.29. The molecule has 18 heavy (non-hydrogen) atoms. The zero-order chi connectivity index (χ0) is 13.1. The molecule has 2 rings (SSSR count). The van der Waals surface area contributed by atoms with Crippen LogP contribution in [0.2, 0.25) is 0 Å². The predicted octanol–water partition coefficient (Wildman–Crippen LogP) is 2.44. The van der Waals surface area contributed by atoms with Crippen molar-refractivity contribution in [3.63, 3.8) is 0 Å². The minimum atomic E-state index is -1.03. The molecule has 1 N–H and O–H groups in total. The number of amides is 1. The van der Waals surface area contributed by atoms with Crippen molar-refractivity contribution in [3.05, 3.63) is 40.9 Å². The molecule has 0 bridgehead atoms. The molecule has 0 aliphatic rings. The summed E-state index contributed by atoms with van der Waals surface area (Å²) in [6, 6.07) is 6.70. The van der Waals surface area contributed by atoms with E-state index in [0.717, 1.165) is 4.88 Å². The van der Waals surface area contributed by atoms with E-state index < -0.39 is 10.8 Å². The Morgan fingerprint density at radius 3 is 2.50 bits per heavy atom. The average molecular weight is 280 g/mol. The van der Waals surface area contributed by atoms with Gasteiger partial charge in [-0.3, -0.25) is 14.3 Å². The van der Waals surface area contributed by atoms with Gasteiger partial charge in [0.2, 0.25) is 0 Å². The molecule has 0 radical (unpaired) electrons. The highest BCUT2D eigenvalue weighted by Gasteiger charge is 2.08. The quantitative estimate of drug-likeness (QED) is 0.939. The summed E-state index contributed by atoms with van der Waals surface area (Å²) in [5.74, 6) is -0.210. The molecule has 6 heteroatoms. The van der Waals surface area contributed by atoms with E-state index in [0.29, 0.717) is 15.6 Å². The van der Waals surface area contributed by atoms with Crippen molar-refractivity contribution in [3.8, 4) is 0 Å². The van der Waals surface area contributed by atoms with Gasteiger partial charge in [0.1, 0.15) is 0 Å². The second-order valence-electron chi connectivity index (χ2n) is 3.71. The van der Waals surface area contributed by atoms with Crippen LogP contribution in [0.4, 0.5) is 5.13 Å². The summed E-state index contributed by atoms with van der Waals surface area (Å²) < 4.78 is 11.2. The first-order chi connectivity index (χ1) is 8.56. The Labute approximate surface area is 112 Å². The number of nitrogens with one attached hydrogen (secondary N) is 1. The van der Waals surface area contributed by atoms with Crippen molar-refractivity contribution < 1.29 is 9.00 Å². The highest BCUT2D eigenvalue weighted by Crippen LogP contribution is 2.17. The lowest BCUT2D eigenvalue weighted by atomic mass is 10.2. The summed E-state index contributed by atoms with van der Waals surface area (Å²) in [5, 5.41) is 3.30. The number of rotatable bonds is 3. The molecule has 2 aromatic rings. The number of carbonyl (C=O) groups excluding carboxylic acids is 1. The molecule has 0 aliphatic carbocycles. The summed E-state index contributed by atoms with van der Waals surface area (Å²) >= 11 is 1.43. The zero-order valence-electron chi connectivity index (χ0n) is 9.97. The number of carbonyl (C=O) groups is 1. The van der Waals surface area contributed by atoms with E-state index in [9.17, 15) is 9.00 Å². The predicted molar refractivity (Wildman–Crippen MR) is 73.6 cm³/mol. The average Bonchev–Trinajstić information content (AvgIpc) is 2.75. The Bertz CT molecular complexity index is 590. The van der Waals surface area contributed by atoms with Gasteiger partial charge in [0.15, 0.2) is 5.13 Å². The van der Waals surface area contributed by atoms with E-state index in [2.05, 4.69) is 10.3 Å². The Balaban J connectivity index is 2.11. The molecule has 0 unspecified atom stereocenters. The monoisotopic (exact) mass is 280 g/mol. The van der Waals surface area contributed by atoms with Crippen molar-refractivity contribution in [2.45, 2.75) is 11.8 Å². The van der Waals surface area contributed by atoms with Gasteiger partial charge >= 0.3 is 0 Å². The first-order valence-electron chi connectivity index (χ1n) is 5.23. The summed E-state index contributed by atoms with van der Waals surface area (Å²) in [5.41, 5.74) is 0.525. The number of anilines is 1. The van der Waals surface area contributed by atoms with Gasteiger partial charge in [-0.25, -0.2) is 4.98 Å². The van der Waals surface area contributed by atoms with Crippen LogP contribution >= 0.6 is 11.3 Å². The summed E-state index contributed by atoms with van der Waals surface area (Å²) in [6.07, 6.45) is 3.32. The largest absolute Gasteiger partial charge is 0.298 e. The minimum absolute atomic E-state index is 0.210. The van der Waals surface area contributed by atoms with Gasteiger partial charge in [0.25, 0.3) is 5.91 Å². The first kappa shape index (κ1) is 12.9. The molecule has 0 spiro atoms. The van der Waals surface area contributed by atoms with Crippen molar-refractivity contribution in [2.24, 2.45) is 0 Å². The molecule has 1 aromatic heterocycles. The number of thiazole rings is 1. The van der Waals surface area contributed by atoms with Gasteiger partial charge in [-0.05, 0) is 31.2 Å². The Kier molecular flexibility index (Phi) is 3.88. The van der Waals surface area contributed by atoms with Crippen LogP contribution < -0.4 is 5.32 Å². The fraction of sp³-hybridized carbons (Fsp3) is 0.167. The lowest BCUT2D eigenvalue weighted by Gasteiger charge is -2.02. The van der Waals surface area contributed by atoms with Gasteiger partial charge in [0.05, 0.1) is 0 Å². The molecule has 0 fully saturated rings. The minimum Gasteiger partial charge on any atom is -0.298 e. The molecule has 1 amide bonds. The van der Waals surface area contributed by atoms with Crippen LogP contribution in [0.15, 0.2) is 35.4 Å². The number of nitrogens with zero attached hydrogens (tertiary/aromatic N) is 1. The van der Waals surface area contributed by atoms with Crippen LogP contribution in [-0.2, 0) is 10.8 Å². The molecule has 4 nitrogen and oxygen atoms in total. The molecular weight excluding hydrogens is 268 g/mol. The van der Waals surface area contributed by atoms with Crippen molar-refractivity contribution >= 4 is 33.2 Å². The molecule has 0 aliphatic heterocycles. The van der Waals surface area contributed by atoms with E-state index in [4.69, 9.17) is 0 Å². The molecule has 1 atom stereocenters. The third-order valence-corrected chi connectivity index (χ3v) is 4.05. The highest BCUT2D eigenvalue weighted by atomic mass is 32.2. The second kappa shape index (κ2) is 5.41. The topological polar surface area (TPSA) is 59.1 Å². The van der Waals surface area contributed by atoms with Crippen LogP contribution in [0.1, 0.15) is 15.2 Å². The number of aromatic nitrogens is 1. The van der Waals surface area contributed by atoms with Crippen molar-refractivity contribution in [1.82, 2.24) is 4.98 Å². The van der Waals surface area contributed by atoms with Gasteiger partial charge < -0.3 is 0 Å². The maximum Gasteiger partial charge on any atom is 0.257 e. The van der Waals surface area contributed by atoms with Gasteiger partial charge in [0, 0.05) is 38.6 Å². The van der Waals surface area contributed by atoms with Crippen molar-refractivity contribution in [1.29, 1.82) is 0 Å². The molecule has 0 saturated heterocycles. The number of hydrogen-bond acceptors (Lipinski definition) is 4. The summed E-state index contributed by atoms with van der Waals surface area (Å²) in [6.45, 7) is 1.93. The fourth-order valence-corrected chi connectivity index (χ4v) is 2.56. The maximum absolute atomic E-state index is 11.9.